The Hall–Kier alpha value is -0.450. The summed E-state index contributed by atoms with van der Waals surface area (Å²) in [7, 11) is 0. The molecule has 0 aliphatic rings. The second-order valence-corrected chi connectivity index (χ2v) is 4.25. The van der Waals surface area contributed by atoms with Gasteiger partial charge in [-0.15, -0.1) is 0 Å². The highest BCUT2D eigenvalue weighted by molar-refractivity contribution is 9.10. The van der Waals surface area contributed by atoms with Crippen molar-refractivity contribution in [2.24, 2.45) is 5.73 Å². The lowest BCUT2D eigenvalue weighted by Crippen LogP contribution is -2.28. The summed E-state index contributed by atoms with van der Waals surface area (Å²) in [5.74, 6) is -0.215. The highest BCUT2D eigenvalue weighted by Gasteiger charge is 2.06. The molecule has 15 heavy (non-hydrogen) atoms. The molecule has 4 heteroatoms. The van der Waals surface area contributed by atoms with Crippen LogP contribution in [0.5, 0.6) is 0 Å². The van der Waals surface area contributed by atoms with Crippen LogP contribution in [0.15, 0.2) is 22.7 Å². The number of rotatable bonds is 5. The van der Waals surface area contributed by atoms with Crippen LogP contribution in [0.2, 0.25) is 0 Å². The van der Waals surface area contributed by atoms with Gasteiger partial charge >= 0.3 is 0 Å². The second kappa shape index (κ2) is 6.20. The zero-order chi connectivity index (χ0) is 11.3. The molecule has 0 atom stereocenters. The second-order valence-electron chi connectivity index (χ2n) is 3.39. The third-order valence-electron chi connectivity index (χ3n) is 2.30. The van der Waals surface area contributed by atoms with Crippen molar-refractivity contribution < 1.29 is 4.39 Å². The topological polar surface area (TPSA) is 29.3 Å². The fraction of sp³-hybridized carbons (Fsp3) is 0.455. The summed E-state index contributed by atoms with van der Waals surface area (Å²) in [5, 5.41) is 0. The Balaban J connectivity index is 2.70. The van der Waals surface area contributed by atoms with Gasteiger partial charge in [-0.05, 0) is 24.2 Å². The van der Waals surface area contributed by atoms with E-state index in [1.165, 1.54) is 12.1 Å². The molecule has 84 valence electrons. The Kier molecular flexibility index (Phi) is 5.22. The van der Waals surface area contributed by atoms with E-state index in [-0.39, 0.29) is 5.82 Å². The number of hydrogen-bond donors (Lipinski definition) is 1. The van der Waals surface area contributed by atoms with Crippen molar-refractivity contribution in [3.8, 4) is 0 Å². The van der Waals surface area contributed by atoms with Gasteiger partial charge in [0.15, 0.2) is 0 Å². The number of halogens is 2. The molecule has 1 aromatic carbocycles. The number of benzene rings is 1. The van der Waals surface area contributed by atoms with Gasteiger partial charge in [0, 0.05) is 24.1 Å². The van der Waals surface area contributed by atoms with E-state index < -0.39 is 0 Å². The van der Waals surface area contributed by atoms with E-state index >= 15 is 0 Å². The Bertz CT molecular complexity index is 317. The molecule has 0 aliphatic heterocycles. The third-order valence-corrected chi connectivity index (χ3v) is 3.04. The van der Waals surface area contributed by atoms with Crippen molar-refractivity contribution in [2.75, 3.05) is 19.6 Å². The Morgan fingerprint density at radius 2 is 2.20 bits per heavy atom. The molecular weight excluding hydrogens is 259 g/mol. The molecule has 1 aromatic rings. The summed E-state index contributed by atoms with van der Waals surface area (Å²) in [6.07, 6.45) is 0. The predicted molar refractivity (Wildman–Crippen MR) is 64.1 cm³/mol. The van der Waals surface area contributed by atoms with Crippen molar-refractivity contribution in [1.82, 2.24) is 4.90 Å². The standard InChI is InChI=1S/C11H16BrFN2/c1-2-15(6-5-14)8-9-3-4-10(13)7-11(9)12/h3-4,7H,2,5-6,8,14H2,1H3. The summed E-state index contributed by atoms with van der Waals surface area (Å²) in [6, 6.07) is 4.78. The van der Waals surface area contributed by atoms with Crippen LogP contribution in [0, 0.1) is 5.82 Å². The van der Waals surface area contributed by atoms with Gasteiger partial charge in [0.05, 0.1) is 0 Å². The van der Waals surface area contributed by atoms with Crippen LogP contribution in [0.4, 0.5) is 4.39 Å². The molecule has 0 unspecified atom stereocenters. The molecule has 0 saturated heterocycles. The molecule has 2 nitrogen and oxygen atoms in total. The number of nitrogens with zero attached hydrogens (tertiary/aromatic N) is 1. The van der Waals surface area contributed by atoms with Gasteiger partial charge in [-0.3, -0.25) is 4.90 Å². The maximum Gasteiger partial charge on any atom is 0.124 e. The quantitative estimate of drug-likeness (QED) is 0.894. The molecular formula is C11H16BrFN2. The molecule has 0 aromatic heterocycles. The van der Waals surface area contributed by atoms with Crippen molar-refractivity contribution >= 4 is 15.9 Å². The molecule has 0 amide bonds. The molecule has 0 aliphatic carbocycles. The average molecular weight is 275 g/mol. The largest absolute Gasteiger partial charge is 0.329 e. The van der Waals surface area contributed by atoms with Gasteiger partial charge in [-0.1, -0.05) is 28.9 Å². The van der Waals surface area contributed by atoms with Crippen molar-refractivity contribution in [3.63, 3.8) is 0 Å². The smallest absolute Gasteiger partial charge is 0.124 e. The first kappa shape index (κ1) is 12.6. The van der Waals surface area contributed by atoms with Crippen LogP contribution in [0.25, 0.3) is 0 Å². The van der Waals surface area contributed by atoms with E-state index in [2.05, 4.69) is 27.8 Å². The Labute approximate surface area is 98.4 Å². The summed E-state index contributed by atoms with van der Waals surface area (Å²) < 4.78 is 13.7. The van der Waals surface area contributed by atoms with Gasteiger partial charge in [0.1, 0.15) is 5.82 Å². The highest BCUT2D eigenvalue weighted by atomic mass is 79.9. The number of hydrogen-bond acceptors (Lipinski definition) is 2. The van der Waals surface area contributed by atoms with Crippen LogP contribution in [-0.2, 0) is 6.54 Å². The third kappa shape index (κ3) is 3.89. The molecule has 0 saturated carbocycles. The molecule has 0 spiro atoms. The Morgan fingerprint density at radius 3 is 2.73 bits per heavy atom. The van der Waals surface area contributed by atoms with Gasteiger partial charge < -0.3 is 5.73 Å². The lowest BCUT2D eigenvalue weighted by Gasteiger charge is -2.20. The average Bonchev–Trinajstić information content (AvgIpc) is 2.21. The molecule has 0 heterocycles. The summed E-state index contributed by atoms with van der Waals surface area (Å²) in [5.41, 5.74) is 6.60. The first-order valence-corrected chi connectivity index (χ1v) is 5.83. The van der Waals surface area contributed by atoms with E-state index in [0.717, 1.165) is 29.7 Å². The zero-order valence-electron chi connectivity index (χ0n) is 8.84. The minimum Gasteiger partial charge on any atom is -0.329 e. The van der Waals surface area contributed by atoms with Crippen LogP contribution in [0.3, 0.4) is 0 Å². The van der Waals surface area contributed by atoms with Gasteiger partial charge in [0.2, 0.25) is 0 Å². The van der Waals surface area contributed by atoms with Crippen LogP contribution < -0.4 is 5.73 Å². The molecule has 0 fully saturated rings. The number of likely N-dealkylation sites (N-methyl/N-ethyl adjacent to an activating group) is 1. The fourth-order valence-electron chi connectivity index (χ4n) is 1.42. The molecule has 1 rings (SSSR count). The van der Waals surface area contributed by atoms with Gasteiger partial charge in [0.25, 0.3) is 0 Å². The first-order chi connectivity index (χ1) is 7.17. The lowest BCUT2D eigenvalue weighted by molar-refractivity contribution is 0.287. The molecule has 2 N–H and O–H groups in total. The lowest BCUT2D eigenvalue weighted by atomic mass is 10.2. The first-order valence-electron chi connectivity index (χ1n) is 5.03. The van der Waals surface area contributed by atoms with E-state index in [9.17, 15) is 4.39 Å². The normalized spacial score (nSPS) is 11.0. The van der Waals surface area contributed by atoms with E-state index in [1.54, 1.807) is 6.07 Å². The fourth-order valence-corrected chi connectivity index (χ4v) is 1.90. The zero-order valence-corrected chi connectivity index (χ0v) is 10.4. The monoisotopic (exact) mass is 274 g/mol. The van der Waals surface area contributed by atoms with Crippen molar-refractivity contribution in [2.45, 2.75) is 13.5 Å². The van der Waals surface area contributed by atoms with E-state index in [0.29, 0.717) is 6.54 Å². The van der Waals surface area contributed by atoms with Gasteiger partial charge in [-0.2, -0.15) is 0 Å². The number of nitrogens with two attached hydrogens (primary N) is 1. The van der Waals surface area contributed by atoms with Crippen LogP contribution in [0.1, 0.15) is 12.5 Å². The van der Waals surface area contributed by atoms with E-state index in [1.807, 2.05) is 0 Å². The highest BCUT2D eigenvalue weighted by Crippen LogP contribution is 2.19. The Morgan fingerprint density at radius 1 is 1.47 bits per heavy atom. The SMILES string of the molecule is CCN(CCN)Cc1ccc(F)cc1Br. The maximum absolute atomic E-state index is 12.9. The van der Waals surface area contributed by atoms with E-state index in [4.69, 9.17) is 5.73 Å². The van der Waals surface area contributed by atoms with Gasteiger partial charge in [-0.25, -0.2) is 4.39 Å². The maximum atomic E-state index is 12.9. The summed E-state index contributed by atoms with van der Waals surface area (Å²) in [4.78, 5) is 2.22. The van der Waals surface area contributed by atoms with Crippen LogP contribution in [-0.4, -0.2) is 24.5 Å². The molecule has 0 bridgehead atoms. The minimum absolute atomic E-state index is 0.215. The van der Waals surface area contributed by atoms with Crippen molar-refractivity contribution in [3.05, 3.63) is 34.1 Å². The molecule has 0 radical (unpaired) electrons. The van der Waals surface area contributed by atoms with Crippen LogP contribution >= 0.6 is 15.9 Å². The summed E-state index contributed by atoms with van der Waals surface area (Å²) >= 11 is 3.36. The predicted octanol–water partition coefficient (Wildman–Crippen LogP) is 2.37. The van der Waals surface area contributed by atoms with Crippen molar-refractivity contribution in [1.29, 1.82) is 0 Å². The summed E-state index contributed by atoms with van der Waals surface area (Å²) in [6.45, 7) is 5.34. The minimum atomic E-state index is -0.215.